The molecule has 0 bridgehead atoms. The van der Waals surface area contributed by atoms with Gasteiger partial charge in [0.15, 0.2) is 0 Å². The van der Waals surface area contributed by atoms with E-state index in [2.05, 4.69) is 21.7 Å². The highest BCUT2D eigenvalue weighted by atomic mass is 16.1. The van der Waals surface area contributed by atoms with Crippen LogP contribution in [0.15, 0.2) is 36.5 Å². The molecule has 2 aromatic rings. The molecule has 1 unspecified atom stereocenters. The van der Waals surface area contributed by atoms with Gasteiger partial charge in [0, 0.05) is 24.0 Å². The second-order valence-corrected chi connectivity index (χ2v) is 5.46. The number of fused-ring (bicyclic) bond motifs is 1. The van der Waals surface area contributed by atoms with Gasteiger partial charge in [0.25, 0.3) is 0 Å². The summed E-state index contributed by atoms with van der Waals surface area (Å²) < 4.78 is 0. The molecule has 1 amide bonds. The van der Waals surface area contributed by atoms with Gasteiger partial charge in [0.2, 0.25) is 5.91 Å². The molecule has 4 nitrogen and oxygen atoms in total. The number of pyridine rings is 1. The maximum atomic E-state index is 12.1. The van der Waals surface area contributed by atoms with Gasteiger partial charge in [0.1, 0.15) is 0 Å². The minimum absolute atomic E-state index is 0.0738. The molecule has 4 heteroatoms. The van der Waals surface area contributed by atoms with Gasteiger partial charge < -0.3 is 10.6 Å². The summed E-state index contributed by atoms with van der Waals surface area (Å²) in [6.45, 7) is 4.44. The van der Waals surface area contributed by atoms with Crippen LogP contribution >= 0.6 is 0 Å². The Bertz CT molecular complexity index is 622. The number of para-hydroxylation sites is 1. The lowest BCUT2D eigenvalue weighted by Gasteiger charge is -2.31. The first kappa shape index (κ1) is 13.1. The van der Waals surface area contributed by atoms with Crippen molar-refractivity contribution >= 4 is 16.8 Å². The van der Waals surface area contributed by atoms with Crippen molar-refractivity contribution in [3.8, 4) is 0 Å². The Labute approximate surface area is 118 Å². The molecule has 1 aliphatic rings. The number of aromatic nitrogens is 1. The van der Waals surface area contributed by atoms with E-state index >= 15 is 0 Å². The number of nitrogens with zero attached hydrogens (tertiary/aromatic N) is 1. The van der Waals surface area contributed by atoms with E-state index < -0.39 is 0 Å². The Morgan fingerprint density at radius 3 is 3.00 bits per heavy atom. The van der Waals surface area contributed by atoms with E-state index in [1.54, 1.807) is 0 Å². The fourth-order valence-corrected chi connectivity index (χ4v) is 2.44. The van der Waals surface area contributed by atoms with Gasteiger partial charge >= 0.3 is 0 Å². The molecule has 1 aromatic heterocycles. The van der Waals surface area contributed by atoms with Crippen LogP contribution in [0, 0.1) is 11.8 Å². The quantitative estimate of drug-likeness (QED) is 0.888. The zero-order chi connectivity index (χ0) is 13.9. The second-order valence-electron chi connectivity index (χ2n) is 5.46. The van der Waals surface area contributed by atoms with Crippen LogP contribution in [0.3, 0.4) is 0 Å². The van der Waals surface area contributed by atoms with Crippen LogP contribution in [0.2, 0.25) is 0 Å². The third-order valence-electron chi connectivity index (χ3n) is 4.05. The fraction of sp³-hybridized carbons (Fsp3) is 0.375. The number of carbonyl (C=O) groups excluding carboxylic acids is 1. The summed E-state index contributed by atoms with van der Waals surface area (Å²) in [6.07, 6.45) is 1.83. The average molecular weight is 269 g/mol. The minimum Gasteiger partial charge on any atom is -0.352 e. The third-order valence-corrected chi connectivity index (χ3v) is 4.05. The highest BCUT2D eigenvalue weighted by Crippen LogP contribution is 2.16. The van der Waals surface area contributed by atoms with Crippen LogP contribution in [0.1, 0.15) is 12.5 Å². The molecule has 1 aliphatic heterocycles. The number of carbonyl (C=O) groups is 1. The van der Waals surface area contributed by atoms with E-state index in [4.69, 9.17) is 0 Å². The van der Waals surface area contributed by atoms with Gasteiger partial charge in [-0.15, -0.1) is 0 Å². The molecule has 104 valence electrons. The van der Waals surface area contributed by atoms with Crippen LogP contribution in [-0.2, 0) is 11.3 Å². The van der Waals surface area contributed by atoms with Crippen molar-refractivity contribution in [2.24, 2.45) is 11.8 Å². The lowest BCUT2D eigenvalue weighted by atomic mass is 9.88. The van der Waals surface area contributed by atoms with Gasteiger partial charge in [-0.05, 0) is 36.7 Å². The Morgan fingerprint density at radius 2 is 2.25 bits per heavy atom. The molecule has 0 spiro atoms. The Morgan fingerprint density at radius 1 is 1.45 bits per heavy atom. The molecule has 2 N–H and O–H groups in total. The summed E-state index contributed by atoms with van der Waals surface area (Å²) in [5, 5.41) is 7.31. The molecule has 1 saturated heterocycles. The minimum atomic E-state index is 0.0738. The Kier molecular flexibility index (Phi) is 3.65. The first-order valence-corrected chi connectivity index (χ1v) is 7.06. The molecular weight excluding hydrogens is 250 g/mol. The van der Waals surface area contributed by atoms with Crippen molar-refractivity contribution in [3.05, 3.63) is 42.1 Å². The normalized spacial score (nSPS) is 16.6. The maximum Gasteiger partial charge on any atom is 0.223 e. The Hall–Kier alpha value is -1.94. The SMILES string of the molecule is CC(C(=O)NCc1cnc2ccccc2c1)C1CNC1. The van der Waals surface area contributed by atoms with Crippen molar-refractivity contribution in [2.45, 2.75) is 13.5 Å². The first-order chi connectivity index (χ1) is 9.74. The molecule has 2 heterocycles. The molecular formula is C16H19N3O. The van der Waals surface area contributed by atoms with Crippen molar-refractivity contribution < 1.29 is 4.79 Å². The van der Waals surface area contributed by atoms with Crippen LogP contribution in [0.4, 0.5) is 0 Å². The maximum absolute atomic E-state index is 12.1. The van der Waals surface area contributed by atoms with Gasteiger partial charge in [-0.3, -0.25) is 9.78 Å². The summed E-state index contributed by atoms with van der Waals surface area (Å²) in [5.41, 5.74) is 2.02. The largest absolute Gasteiger partial charge is 0.352 e. The van der Waals surface area contributed by atoms with Crippen LogP contribution in [0.25, 0.3) is 10.9 Å². The molecule has 0 radical (unpaired) electrons. The summed E-state index contributed by atoms with van der Waals surface area (Å²) in [7, 11) is 0. The monoisotopic (exact) mass is 269 g/mol. The van der Waals surface area contributed by atoms with E-state index in [-0.39, 0.29) is 11.8 Å². The van der Waals surface area contributed by atoms with Crippen LogP contribution < -0.4 is 10.6 Å². The van der Waals surface area contributed by atoms with Crippen LogP contribution in [0.5, 0.6) is 0 Å². The highest BCUT2D eigenvalue weighted by molar-refractivity contribution is 5.80. The molecule has 0 saturated carbocycles. The lowest BCUT2D eigenvalue weighted by Crippen LogP contribution is -2.49. The summed E-state index contributed by atoms with van der Waals surface area (Å²) in [6, 6.07) is 10.1. The van der Waals surface area contributed by atoms with E-state index in [9.17, 15) is 4.79 Å². The molecule has 1 aromatic carbocycles. The zero-order valence-corrected chi connectivity index (χ0v) is 11.6. The molecule has 3 rings (SSSR count). The van der Waals surface area contributed by atoms with E-state index in [1.165, 1.54) is 0 Å². The standard InChI is InChI=1S/C16H19N3O/c1-11(14-9-17-10-14)16(20)19-8-12-6-13-4-2-3-5-15(13)18-7-12/h2-7,11,14,17H,8-10H2,1H3,(H,19,20). The van der Waals surface area contributed by atoms with Gasteiger partial charge in [0.05, 0.1) is 5.52 Å². The van der Waals surface area contributed by atoms with Gasteiger partial charge in [-0.25, -0.2) is 0 Å². The smallest absolute Gasteiger partial charge is 0.223 e. The van der Waals surface area contributed by atoms with Crippen molar-refractivity contribution in [1.29, 1.82) is 0 Å². The topological polar surface area (TPSA) is 54.0 Å². The molecule has 0 aliphatic carbocycles. The molecule has 1 fully saturated rings. The lowest BCUT2D eigenvalue weighted by molar-refractivity contribution is -0.126. The number of benzene rings is 1. The van der Waals surface area contributed by atoms with Crippen molar-refractivity contribution in [2.75, 3.05) is 13.1 Å². The van der Waals surface area contributed by atoms with Crippen LogP contribution in [-0.4, -0.2) is 24.0 Å². The second kappa shape index (κ2) is 5.59. The van der Waals surface area contributed by atoms with Crippen molar-refractivity contribution in [3.63, 3.8) is 0 Å². The fourth-order valence-electron chi connectivity index (χ4n) is 2.44. The molecule has 20 heavy (non-hydrogen) atoms. The van der Waals surface area contributed by atoms with Gasteiger partial charge in [-0.1, -0.05) is 25.1 Å². The number of hydrogen-bond acceptors (Lipinski definition) is 3. The third kappa shape index (κ3) is 2.65. The Balaban J connectivity index is 1.62. The number of nitrogens with one attached hydrogen (secondary N) is 2. The van der Waals surface area contributed by atoms with E-state index in [1.807, 2.05) is 37.4 Å². The predicted octanol–water partition coefficient (Wildman–Crippen LogP) is 1.71. The summed E-state index contributed by atoms with van der Waals surface area (Å²) in [5.74, 6) is 0.680. The number of rotatable bonds is 4. The van der Waals surface area contributed by atoms with Gasteiger partial charge in [-0.2, -0.15) is 0 Å². The van der Waals surface area contributed by atoms with E-state index in [0.717, 1.165) is 29.6 Å². The van der Waals surface area contributed by atoms with E-state index in [0.29, 0.717) is 12.5 Å². The summed E-state index contributed by atoms with van der Waals surface area (Å²) >= 11 is 0. The number of hydrogen-bond donors (Lipinski definition) is 2. The predicted molar refractivity (Wildman–Crippen MR) is 79.1 cm³/mol. The number of amides is 1. The highest BCUT2D eigenvalue weighted by Gasteiger charge is 2.28. The first-order valence-electron chi connectivity index (χ1n) is 7.06. The molecule has 1 atom stereocenters. The summed E-state index contributed by atoms with van der Waals surface area (Å²) in [4.78, 5) is 16.5. The van der Waals surface area contributed by atoms with Crippen molar-refractivity contribution in [1.82, 2.24) is 15.6 Å². The zero-order valence-electron chi connectivity index (χ0n) is 11.6. The average Bonchev–Trinajstić information content (AvgIpc) is 2.42.